The third-order valence-corrected chi connectivity index (χ3v) is 3.54. The van der Waals surface area contributed by atoms with E-state index in [-0.39, 0.29) is 11.3 Å². The number of furan rings is 1. The van der Waals surface area contributed by atoms with Crippen LogP contribution in [0.3, 0.4) is 0 Å². The number of hydrogen-bond acceptors (Lipinski definition) is 4. The van der Waals surface area contributed by atoms with Gasteiger partial charge in [0.25, 0.3) is 11.8 Å². The molecule has 7 heteroatoms. The second-order valence-corrected chi connectivity index (χ2v) is 5.31. The lowest BCUT2D eigenvalue weighted by Crippen LogP contribution is -2.14. The molecule has 6 nitrogen and oxygen atoms in total. The van der Waals surface area contributed by atoms with E-state index in [1.54, 1.807) is 24.3 Å². The second kappa shape index (κ2) is 7.52. The maximum absolute atomic E-state index is 13.2. The Morgan fingerprint density at radius 1 is 1.00 bits per heavy atom. The first-order valence-corrected chi connectivity index (χ1v) is 7.66. The highest BCUT2D eigenvalue weighted by atomic mass is 19.1. The van der Waals surface area contributed by atoms with Crippen LogP contribution in [-0.4, -0.2) is 18.9 Å². The molecule has 0 aliphatic rings. The normalized spacial score (nSPS) is 10.2. The molecule has 3 rings (SSSR count). The van der Waals surface area contributed by atoms with Crippen molar-refractivity contribution >= 4 is 23.2 Å². The van der Waals surface area contributed by atoms with Gasteiger partial charge < -0.3 is 19.8 Å². The molecule has 0 bridgehead atoms. The summed E-state index contributed by atoms with van der Waals surface area (Å²) >= 11 is 0. The number of ether oxygens (including phenoxy) is 1. The van der Waals surface area contributed by atoms with E-state index in [1.165, 1.54) is 37.6 Å². The Morgan fingerprint density at radius 3 is 2.54 bits per heavy atom. The smallest absolute Gasteiger partial charge is 0.291 e. The molecule has 0 saturated heterocycles. The lowest BCUT2D eigenvalue weighted by molar-refractivity contribution is 0.0994. The predicted molar refractivity (Wildman–Crippen MR) is 94.0 cm³/mol. The molecule has 0 spiro atoms. The van der Waals surface area contributed by atoms with Gasteiger partial charge in [-0.05, 0) is 42.5 Å². The molecule has 2 aromatic carbocycles. The quantitative estimate of drug-likeness (QED) is 0.727. The Morgan fingerprint density at radius 2 is 1.85 bits per heavy atom. The van der Waals surface area contributed by atoms with Crippen LogP contribution < -0.4 is 15.4 Å². The van der Waals surface area contributed by atoms with Crippen molar-refractivity contribution < 1.29 is 23.1 Å². The highest BCUT2D eigenvalue weighted by molar-refractivity contribution is 6.05. The molecule has 0 radical (unpaired) electrons. The zero-order valence-corrected chi connectivity index (χ0v) is 13.8. The Bertz CT molecular complexity index is 938. The molecular formula is C19H15FN2O4. The summed E-state index contributed by atoms with van der Waals surface area (Å²) in [6.45, 7) is 0. The van der Waals surface area contributed by atoms with Crippen LogP contribution in [0, 0.1) is 5.82 Å². The minimum Gasteiger partial charge on any atom is -0.494 e. The van der Waals surface area contributed by atoms with E-state index in [2.05, 4.69) is 10.6 Å². The first-order chi connectivity index (χ1) is 12.6. The second-order valence-electron chi connectivity index (χ2n) is 5.31. The molecule has 2 amide bonds. The minimum atomic E-state index is -0.494. The van der Waals surface area contributed by atoms with Gasteiger partial charge in [0.1, 0.15) is 11.6 Å². The summed E-state index contributed by atoms with van der Waals surface area (Å²) in [5.74, 6) is -0.868. The Balaban J connectivity index is 1.76. The molecule has 0 fully saturated rings. The summed E-state index contributed by atoms with van der Waals surface area (Å²) in [6.07, 6.45) is 1.40. The van der Waals surface area contributed by atoms with E-state index in [0.717, 1.165) is 6.07 Å². The van der Waals surface area contributed by atoms with Crippen LogP contribution in [0.5, 0.6) is 5.75 Å². The largest absolute Gasteiger partial charge is 0.494 e. The topological polar surface area (TPSA) is 80.6 Å². The lowest BCUT2D eigenvalue weighted by Gasteiger charge is -2.12. The number of benzene rings is 2. The third kappa shape index (κ3) is 3.89. The summed E-state index contributed by atoms with van der Waals surface area (Å²) in [7, 11) is 1.44. The molecule has 1 heterocycles. The molecule has 0 saturated carbocycles. The van der Waals surface area contributed by atoms with Crippen LogP contribution in [0.15, 0.2) is 65.3 Å². The predicted octanol–water partition coefficient (Wildman–Crippen LogP) is 3.93. The van der Waals surface area contributed by atoms with Crippen LogP contribution in [0.1, 0.15) is 20.9 Å². The molecule has 0 aliphatic carbocycles. The number of hydrogen-bond donors (Lipinski definition) is 2. The fourth-order valence-electron chi connectivity index (χ4n) is 2.30. The first-order valence-electron chi connectivity index (χ1n) is 7.66. The summed E-state index contributed by atoms with van der Waals surface area (Å²) < 4.78 is 23.5. The zero-order valence-electron chi connectivity index (χ0n) is 13.8. The van der Waals surface area contributed by atoms with Crippen LogP contribution in [0.4, 0.5) is 15.8 Å². The van der Waals surface area contributed by atoms with E-state index >= 15 is 0 Å². The number of anilines is 2. The van der Waals surface area contributed by atoms with Crippen molar-refractivity contribution in [2.75, 3.05) is 17.7 Å². The maximum atomic E-state index is 13.2. The molecule has 26 heavy (non-hydrogen) atoms. The summed E-state index contributed by atoms with van der Waals surface area (Å²) in [5.41, 5.74) is 1.05. The van der Waals surface area contributed by atoms with Gasteiger partial charge in [0.15, 0.2) is 5.76 Å². The zero-order chi connectivity index (χ0) is 18.5. The van der Waals surface area contributed by atoms with Crippen LogP contribution >= 0.6 is 0 Å². The van der Waals surface area contributed by atoms with E-state index in [0.29, 0.717) is 17.1 Å². The summed E-state index contributed by atoms with van der Waals surface area (Å²) in [6, 6.07) is 13.2. The van der Waals surface area contributed by atoms with Crippen LogP contribution in [0.2, 0.25) is 0 Å². The number of amides is 2. The van der Waals surface area contributed by atoms with Crippen molar-refractivity contribution in [3.63, 3.8) is 0 Å². The lowest BCUT2D eigenvalue weighted by atomic mass is 10.2. The fourth-order valence-corrected chi connectivity index (χ4v) is 2.30. The molecular weight excluding hydrogens is 339 g/mol. The Hall–Kier alpha value is -3.61. The molecule has 132 valence electrons. The molecule has 0 unspecified atom stereocenters. The Labute approximate surface area is 148 Å². The van der Waals surface area contributed by atoms with Gasteiger partial charge in [0.05, 0.1) is 19.1 Å². The van der Waals surface area contributed by atoms with Crippen molar-refractivity contribution in [3.8, 4) is 5.75 Å². The summed E-state index contributed by atoms with van der Waals surface area (Å²) in [4.78, 5) is 24.2. The number of carbonyl (C=O) groups is 2. The first kappa shape index (κ1) is 17.2. The number of carbonyl (C=O) groups excluding carboxylic acids is 2. The molecule has 0 atom stereocenters. The third-order valence-electron chi connectivity index (χ3n) is 3.54. The van der Waals surface area contributed by atoms with E-state index in [9.17, 15) is 14.0 Å². The highest BCUT2D eigenvalue weighted by Gasteiger charge is 2.14. The number of halogens is 1. The Kier molecular flexibility index (Phi) is 4.98. The maximum Gasteiger partial charge on any atom is 0.291 e. The van der Waals surface area contributed by atoms with Crippen LogP contribution in [0.25, 0.3) is 0 Å². The average Bonchev–Trinajstić information content (AvgIpc) is 3.17. The van der Waals surface area contributed by atoms with Gasteiger partial charge in [-0.2, -0.15) is 0 Å². The van der Waals surface area contributed by atoms with Gasteiger partial charge in [-0.1, -0.05) is 6.07 Å². The molecule has 0 aliphatic heterocycles. The van der Waals surface area contributed by atoms with Crippen LogP contribution in [-0.2, 0) is 0 Å². The number of nitrogens with one attached hydrogen (secondary N) is 2. The van der Waals surface area contributed by atoms with Crippen molar-refractivity contribution in [2.24, 2.45) is 0 Å². The molecule has 3 aromatic rings. The standard InChI is InChI=1S/C19H15FN2O4/c1-25-17-11-14(21-18(23)12-4-2-5-13(20)10-12)7-8-15(17)22-19(24)16-6-3-9-26-16/h2-11H,1H3,(H,21,23)(H,22,24). The SMILES string of the molecule is COc1cc(NC(=O)c2cccc(F)c2)ccc1NC(=O)c1ccco1. The summed E-state index contributed by atoms with van der Waals surface area (Å²) in [5, 5.41) is 5.31. The number of rotatable bonds is 5. The molecule has 2 N–H and O–H groups in total. The van der Waals surface area contributed by atoms with Gasteiger partial charge >= 0.3 is 0 Å². The monoisotopic (exact) mass is 354 g/mol. The van der Waals surface area contributed by atoms with Gasteiger partial charge in [0.2, 0.25) is 0 Å². The van der Waals surface area contributed by atoms with Crippen molar-refractivity contribution in [2.45, 2.75) is 0 Å². The van der Waals surface area contributed by atoms with E-state index in [1.807, 2.05) is 0 Å². The van der Waals surface area contributed by atoms with E-state index in [4.69, 9.17) is 9.15 Å². The van der Waals surface area contributed by atoms with Gasteiger partial charge in [-0.15, -0.1) is 0 Å². The van der Waals surface area contributed by atoms with Gasteiger partial charge in [0, 0.05) is 17.3 Å². The van der Waals surface area contributed by atoms with E-state index < -0.39 is 17.6 Å². The average molecular weight is 354 g/mol. The number of methoxy groups -OCH3 is 1. The van der Waals surface area contributed by atoms with Crippen molar-refractivity contribution in [1.29, 1.82) is 0 Å². The van der Waals surface area contributed by atoms with Crippen molar-refractivity contribution in [1.82, 2.24) is 0 Å². The minimum absolute atomic E-state index is 0.163. The van der Waals surface area contributed by atoms with Gasteiger partial charge in [-0.25, -0.2) is 4.39 Å². The highest BCUT2D eigenvalue weighted by Crippen LogP contribution is 2.28. The fraction of sp³-hybridized carbons (Fsp3) is 0.0526. The van der Waals surface area contributed by atoms with Gasteiger partial charge in [-0.3, -0.25) is 9.59 Å². The molecule has 1 aromatic heterocycles. The van der Waals surface area contributed by atoms with Crippen molar-refractivity contribution in [3.05, 3.63) is 78.0 Å².